The smallest absolute Gasteiger partial charge is 0.117 e. The largest absolute Gasteiger partial charge is 0.373 e. The van der Waals surface area contributed by atoms with Gasteiger partial charge in [0, 0.05) is 4.83 Å². The van der Waals surface area contributed by atoms with Crippen LogP contribution in [0.2, 0.25) is 0 Å². The van der Waals surface area contributed by atoms with Crippen molar-refractivity contribution < 1.29 is 9.13 Å². The fourth-order valence-corrected chi connectivity index (χ4v) is 3.02. The average molecular weight is 297 g/mol. The molecule has 1 saturated heterocycles. The van der Waals surface area contributed by atoms with Gasteiger partial charge in [0.1, 0.15) is 13.7 Å². The van der Waals surface area contributed by atoms with E-state index in [4.69, 9.17) is 12.6 Å². The molecule has 1 nitrogen and oxygen atoms in total. The first kappa shape index (κ1) is 13.1. The second-order valence-electron chi connectivity index (χ2n) is 4.52. The lowest BCUT2D eigenvalue weighted by atomic mass is 9.90. The molecule has 2 rings (SSSR count). The van der Waals surface area contributed by atoms with Crippen molar-refractivity contribution in [3.63, 3.8) is 0 Å². The van der Waals surface area contributed by atoms with Crippen molar-refractivity contribution in [2.45, 2.75) is 30.7 Å². The van der Waals surface area contributed by atoms with Crippen LogP contribution in [0.1, 0.15) is 31.4 Å². The van der Waals surface area contributed by atoms with Gasteiger partial charge in [0.25, 0.3) is 0 Å². The second kappa shape index (κ2) is 5.53. The molecule has 0 saturated carbocycles. The molecule has 1 aromatic rings. The van der Waals surface area contributed by atoms with Gasteiger partial charge in [-0.15, -0.1) is 0 Å². The first-order chi connectivity index (χ1) is 8.11. The summed E-state index contributed by atoms with van der Waals surface area (Å²) in [6.45, 7) is 2.88. The summed E-state index contributed by atoms with van der Waals surface area (Å²) in [6, 6.07) is 4.92. The molecule has 1 aromatic carbocycles. The van der Waals surface area contributed by atoms with Crippen LogP contribution >= 0.6 is 15.9 Å². The van der Waals surface area contributed by atoms with Crippen LogP contribution in [0.4, 0.5) is 4.39 Å². The first-order valence-corrected chi connectivity index (χ1v) is 6.84. The van der Waals surface area contributed by atoms with Crippen LogP contribution in [0, 0.1) is 11.7 Å². The molecule has 1 fully saturated rings. The molecule has 0 aliphatic carbocycles. The number of ether oxygens (including phenoxy) is 1. The number of hydrogen-bond donors (Lipinski definition) is 0. The molecule has 0 aromatic heterocycles. The van der Waals surface area contributed by atoms with Crippen molar-refractivity contribution in [1.29, 1.82) is 0 Å². The Balaban J connectivity index is 2.11. The zero-order valence-electron chi connectivity index (χ0n) is 9.83. The highest BCUT2D eigenvalue weighted by Crippen LogP contribution is 2.35. The van der Waals surface area contributed by atoms with Gasteiger partial charge in [0.2, 0.25) is 0 Å². The Hall–Kier alpha value is -0.345. The molecule has 0 amide bonds. The van der Waals surface area contributed by atoms with Crippen molar-refractivity contribution in [3.8, 4) is 0 Å². The van der Waals surface area contributed by atoms with Gasteiger partial charge in [-0.3, -0.25) is 0 Å². The Morgan fingerprint density at radius 2 is 2.29 bits per heavy atom. The summed E-state index contributed by atoms with van der Waals surface area (Å²) >= 11 is 3.69. The lowest BCUT2D eigenvalue weighted by molar-refractivity contribution is -0.0133. The van der Waals surface area contributed by atoms with Gasteiger partial charge in [-0.2, -0.15) is 0 Å². The van der Waals surface area contributed by atoms with Crippen molar-refractivity contribution in [2.75, 3.05) is 6.61 Å². The summed E-state index contributed by atoms with van der Waals surface area (Å²) in [6.07, 6.45) is 1.94. The van der Waals surface area contributed by atoms with Gasteiger partial charge in [0.05, 0.1) is 12.7 Å². The maximum atomic E-state index is 13.4. The van der Waals surface area contributed by atoms with Gasteiger partial charge >= 0.3 is 0 Å². The molecule has 17 heavy (non-hydrogen) atoms. The molecule has 0 spiro atoms. The van der Waals surface area contributed by atoms with E-state index < -0.39 is 0 Å². The van der Waals surface area contributed by atoms with Gasteiger partial charge in [-0.1, -0.05) is 46.9 Å². The number of benzene rings is 1. The highest BCUT2D eigenvalue weighted by Gasteiger charge is 2.29. The molecule has 1 heterocycles. The third-order valence-corrected chi connectivity index (χ3v) is 4.50. The van der Waals surface area contributed by atoms with E-state index in [-0.39, 0.29) is 17.4 Å². The molecule has 1 aliphatic rings. The van der Waals surface area contributed by atoms with E-state index in [2.05, 4.69) is 22.9 Å². The predicted molar refractivity (Wildman–Crippen MR) is 71.6 cm³/mol. The lowest BCUT2D eigenvalue weighted by Gasteiger charge is -2.33. The molecule has 3 atom stereocenters. The van der Waals surface area contributed by atoms with E-state index in [9.17, 15) is 4.39 Å². The van der Waals surface area contributed by atoms with Gasteiger partial charge in [-0.05, 0) is 24.0 Å². The summed E-state index contributed by atoms with van der Waals surface area (Å²) in [5.41, 5.74) is 1.06. The summed E-state index contributed by atoms with van der Waals surface area (Å²) < 4.78 is 19.2. The summed E-state index contributed by atoms with van der Waals surface area (Å²) in [5.74, 6) is 0.180. The van der Waals surface area contributed by atoms with Crippen LogP contribution < -0.4 is 5.46 Å². The minimum Gasteiger partial charge on any atom is -0.373 e. The normalized spacial score (nSPS) is 29.2. The van der Waals surface area contributed by atoms with Crippen LogP contribution in [0.5, 0.6) is 0 Å². The summed E-state index contributed by atoms with van der Waals surface area (Å²) in [7, 11) is 5.46. The fourth-order valence-electron chi connectivity index (χ4n) is 2.16. The molecular formula is C13H15BBrFO. The lowest BCUT2D eigenvalue weighted by Crippen LogP contribution is -2.29. The number of alkyl halides is 1. The van der Waals surface area contributed by atoms with Crippen LogP contribution in [0.3, 0.4) is 0 Å². The van der Waals surface area contributed by atoms with E-state index in [1.807, 2.05) is 6.07 Å². The molecule has 1 aliphatic heterocycles. The molecule has 3 unspecified atom stereocenters. The third-order valence-electron chi connectivity index (χ3n) is 3.38. The van der Waals surface area contributed by atoms with Crippen molar-refractivity contribution in [1.82, 2.24) is 0 Å². The van der Waals surface area contributed by atoms with Crippen LogP contribution in [-0.4, -0.2) is 19.3 Å². The molecule has 0 bridgehead atoms. The number of halogens is 2. The molecule has 90 valence electrons. The Morgan fingerprint density at radius 1 is 1.53 bits per heavy atom. The number of rotatable bonds is 2. The summed E-state index contributed by atoms with van der Waals surface area (Å²) in [5, 5.41) is 0. The van der Waals surface area contributed by atoms with E-state index in [0.717, 1.165) is 25.0 Å². The summed E-state index contributed by atoms with van der Waals surface area (Å²) in [4.78, 5) is 0.437. The first-order valence-electron chi connectivity index (χ1n) is 5.92. The minimum atomic E-state index is -0.366. The zero-order chi connectivity index (χ0) is 12.4. The molecule has 0 N–H and O–H groups in total. The Kier molecular flexibility index (Phi) is 4.26. The van der Waals surface area contributed by atoms with Crippen LogP contribution in [0.25, 0.3) is 0 Å². The van der Waals surface area contributed by atoms with Gasteiger partial charge in [0.15, 0.2) is 0 Å². The molecular weight excluding hydrogens is 282 g/mol. The van der Waals surface area contributed by atoms with Gasteiger partial charge < -0.3 is 4.74 Å². The molecule has 2 radical (unpaired) electrons. The highest BCUT2D eigenvalue weighted by atomic mass is 79.9. The van der Waals surface area contributed by atoms with E-state index in [1.165, 1.54) is 6.07 Å². The van der Waals surface area contributed by atoms with Crippen LogP contribution in [0.15, 0.2) is 18.2 Å². The second-order valence-corrected chi connectivity index (χ2v) is 5.70. The SMILES string of the molecule is [B]c1ccc(C2CC(Br)C(CC)CO2)cc1F. The van der Waals surface area contributed by atoms with E-state index in [0.29, 0.717) is 10.7 Å². The van der Waals surface area contributed by atoms with Crippen LogP contribution in [-0.2, 0) is 4.74 Å². The monoisotopic (exact) mass is 296 g/mol. The van der Waals surface area contributed by atoms with Gasteiger partial charge in [-0.25, -0.2) is 4.39 Å². The van der Waals surface area contributed by atoms with E-state index >= 15 is 0 Å². The highest BCUT2D eigenvalue weighted by molar-refractivity contribution is 9.09. The number of hydrogen-bond acceptors (Lipinski definition) is 1. The van der Waals surface area contributed by atoms with Crippen molar-refractivity contribution >= 4 is 29.2 Å². The molecule has 4 heteroatoms. The quantitative estimate of drug-likeness (QED) is 0.602. The van der Waals surface area contributed by atoms with Crippen molar-refractivity contribution in [2.24, 2.45) is 5.92 Å². The Labute approximate surface area is 111 Å². The standard InChI is InChI=1S/C13H15BBrFO/c1-2-8-7-17-13(6-11(8)15)9-3-4-10(14)12(16)5-9/h3-5,8,11,13H,2,6-7H2,1H3. The minimum absolute atomic E-state index is 0.0303. The third kappa shape index (κ3) is 2.91. The Morgan fingerprint density at radius 3 is 2.88 bits per heavy atom. The Bertz CT molecular complexity index is 399. The fraction of sp³-hybridized carbons (Fsp3) is 0.538. The average Bonchev–Trinajstić information content (AvgIpc) is 2.32. The maximum Gasteiger partial charge on any atom is 0.117 e. The van der Waals surface area contributed by atoms with E-state index in [1.54, 1.807) is 6.07 Å². The van der Waals surface area contributed by atoms with Crippen molar-refractivity contribution in [3.05, 3.63) is 29.6 Å². The zero-order valence-corrected chi connectivity index (χ0v) is 11.4. The topological polar surface area (TPSA) is 9.23 Å². The predicted octanol–water partition coefficient (Wildman–Crippen LogP) is 2.87. The maximum absolute atomic E-state index is 13.4.